The number of hydrogen-bond donors (Lipinski definition) is 2. The van der Waals surface area contributed by atoms with Crippen molar-refractivity contribution in [2.24, 2.45) is 0 Å². The summed E-state index contributed by atoms with van der Waals surface area (Å²) in [7, 11) is 0. The molecule has 8 heteroatoms. The van der Waals surface area contributed by atoms with Crippen molar-refractivity contribution in [3.63, 3.8) is 0 Å². The molecule has 28 heavy (non-hydrogen) atoms. The van der Waals surface area contributed by atoms with Gasteiger partial charge in [0.1, 0.15) is 0 Å². The first-order chi connectivity index (χ1) is 13.4. The summed E-state index contributed by atoms with van der Waals surface area (Å²) < 4.78 is 0. The van der Waals surface area contributed by atoms with Crippen molar-refractivity contribution in [2.75, 3.05) is 36.4 Å². The lowest BCUT2D eigenvalue weighted by molar-refractivity contribution is -0.129. The smallest absolute Gasteiger partial charge is 0.258 e. The number of carbonyl (C=O) groups is 2. The minimum atomic E-state index is -0.358. The van der Waals surface area contributed by atoms with E-state index in [1.807, 2.05) is 29.2 Å². The molecule has 1 saturated heterocycles. The Kier molecular flexibility index (Phi) is 6.49. The van der Waals surface area contributed by atoms with Crippen LogP contribution in [0.5, 0.6) is 0 Å². The largest absolute Gasteiger partial charge is 0.368 e. The van der Waals surface area contributed by atoms with Gasteiger partial charge in [-0.05, 0) is 48.6 Å². The molecule has 146 valence electrons. The molecule has 1 aliphatic rings. The van der Waals surface area contributed by atoms with Crippen LogP contribution in [0.1, 0.15) is 17.3 Å². The third kappa shape index (κ3) is 4.99. The number of amides is 2. The van der Waals surface area contributed by atoms with Crippen LogP contribution in [0.2, 0.25) is 5.02 Å². The average molecular weight is 417 g/mol. The van der Waals surface area contributed by atoms with E-state index in [0.717, 1.165) is 37.6 Å². The Labute approximate surface area is 174 Å². The fourth-order valence-corrected chi connectivity index (χ4v) is 3.45. The van der Waals surface area contributed by atoms with E-state index in [-0.39, 0.29) is 16.9 Å². The number of nitrogens with one attached hydrogen (secondary N) is 2. The number of anilines is 2. The molecule has 0 unspecified atom stereocenters. The number of rotatable bonds is 3. The Morgan fingerprint density at radius 3 is 2.25 bits per heavy atom. The highest BCUT2D eigenvalue weighted by molar-refractivity contribution is 7.80. The molecule has 0 spiro atoms. The third-order valence-corrected chi connectivity index (χ3v) is 5.09. The maximum atomic E-state index is 12.2. The zero-order chi connectivity index (χ0) is 20.1. The van der Waals surface area contributed by atoms with Crippen molar-refractivity contribution < 1.29 is 9.59 Å². The summed E-state index contributed by atoms with van der Waals surface area (Å²) in [5.74, 6) is -0.241. The Balaban J connectivity index is 1.54. The van der Waals surface area contributed by atoms with E-state index < -0.39 is 0 Å². The molecule has 2 N–H and O–H groups in total. The van der Waals surface area contributed by atoms with Crippen LogP contribution in [-0.2, 0) is 4.79 Å². The second-order valence-electron chi connectivity index (χ2n) is 6.43. The zero-order valence-corrected chi connectivity index (χ0v) is 17.0. The van der Waals surface area contributed by atoms with Gasteiger partial charge < -0.3 is 15.1 Å². The topological polar surface area (TPSA) is 64.7 Å². The predicted molar refractivity (Wildman–Crippen MR) is 116 cm³/mol. The van der Waals surface area contributed by atoms with E-state index in [1.54, 1.807) is 31.2 Å². The monoisotopic (exact) mass is 416 g/mol. The van der Waals surface area contributed by atoms with Crippen molar-refractivity contribution in [1.82, 2.24) is 10.2 Å². The van der Waals surface area contributed by atoms with Crippen LogP contribution in [0.3, 0.4) is 0 Å². The van der Waals surface area contributed by atoms with Gasteiger partial charge in [-0.2, -0.15) is 0 Å². The van der Waals surface area contributed by atoms with Gasteiger partial charge in [0.05, 0.1) is 10.6 Å². The predicted octanol–water partition coefficient (Wildman–Crippen LogP) is 3.14. The second kappa shape index (κ2) is 9.03. The molecule has 1 fully saturated rings. The fraction of sp³-hybridized carbons (Fsp3) is 0.250. The standard InChI is InChI=1S/C20H21ClN4O2S/c1-14(26)24-10-12-25(13-11-24)16-8-6-15(7-9-16)22-20(28)23-19(27)17-4-2-3-5-18(17)21/h2-9H,10-13H2,1H3,(H2,22,23,27,28). The summed E-state index contributed by atoms with van der Waals surface area (Å²) in [4.78, 5) is 27.8. The maximum absolute atomic E-state index is 12.2. The van der Waals surface area contributed by atoms with Gasteiger partial charge in [-0.25, -0.2) is 0 Å². The van der Waals surface area contributed by atoms with Crippen LogP contribution in [-0.4, -0.2) is 48.0 Å². The summed E-state index contributed by atoms with van der Waals surface area (Å²) in [5.41, 5.74) is 2.23. The second-order valence-corrected chi connectivity index (χ2v) is 7.24. The van der Waals surface area contributed by atoms with E-state index >= 15 is 0 Å². The van der Waals surface area contributed by atoms with Crippen LogP contribution in [0.4, 0.5) is 11.4 Å². The zero-order valence-electron chi connectivity index (χ0n) is 15.4. The van der Waals surface area contributed by atoms with Gasteiger partial charge in [0.25, 0.3) is 5.91 Å². The highest BCUT2D eigenvalue weighted by Crippen LogP contribution is 2.20. The van der Waals surface area contributed by atoms with Gasteiger partial charge in [0.15, 0.2) is 5.11 Å². The first-order valence-electron chi connectivity index (χ1n) is 8.91. The van der Waals surface area contributed by atoms with Crippen molar-refractivity contribution in [3.8, 4) is 0 Å². The maximum Gasteiger partial charge on any atom is 0.258 e. The first-order valence-corrected chi connectivity index (χ1v) is 9.70. The Hall–Kier alpha value is -2.64. The van der Waals surface area contributed by atoms with Crippen LogP contribution >= 0.6 is 23.8 Å². The third-order valence-electron chi connectivity index (χ3n) is 4.56. The molecular formula is C20H21ClN4O2S. The minimum absolute atomic E-state index is 0.117. The quantitative estimate of drug-likeness (QED) is 0.752. The molecule has 2 aromatic carbocycles. The minimum Gasteiger partial charge on any atom is -0.368 e. The number of piperazine rings is 1. The summed E-state index contributed by atoms with van der Waals surface area (Å²) in [6.45, 7) is 4.67. The fourth-order valence-electron chi connectivity index (χ4n) is 3.01. The van der Waals surface area contributed by atoms with Gasteiger partial charge in [0, 0.05) is 44.5 Å². The van der Waals surface area contributed by atoms with Gasteiger partial charge in [-0.15, -0.1) is 0 Å². The van der Waals surface area contributed by atoms with Crippen molar-refractivity contribution in [1.29, 1.82) is 0 Å². The number of nitrogens with zero attached hydrogens (tertiary/aromatic N) is 2. The molecule has 0 saturated carbocycles. The van der Waals surface area contributed by atoms with E-state index in [4.69, 9.17) is 23.8 Å². The van der Waals surface area contributed by atoms with Gasteiger partial charge in [0.2, 0.25) is 5.91 Å². The summed E-state index contributed by atoms with van der Waals surface area (Å²) in [6, 6.07) is 14.6. The van der Waals surface area contributed by atoms with Crippen molar-refractivity contribution in [3.05, 3.63) is 59.1 Å². The lowest BCUT2D eigenvalue weighted by atomic mass is 10.2. The molecule has 0 aromatic heterocycles. The Bertz CT molecular complexity index is 880. The highest BCUT2D eigenvalue weighted by atomic mass is 35.5. The van der Waals surface area contributed by atoms with Crippen LogP contribution in [0.25, 0.3) is 0 Å². The van der Waals surface area contributed by atoms with Gasteiger partial charge in [-0.1, -0.05) is 23.7 Å². The SMILES string of the molecule is CC(=O)N1CCN(c2ccc(NC(=S)NC(=O)c3ccccc3Cl)cc2)CC1. The van der Waals surface area contributed by atoms with Crippen molar-refractivity contribution >= 4 is 52.1 Å². The molecule has 2 aromatic rings. The number of thiocarbonyl (C=S) groups is 1. The highest BCUT2D eigenvalue weighted by Gasteiger charge is 2.18. The average Bonchev–Trinajstić information content (AvgIpc) is 2.69. The van der Waals surface area contributed by atoms with E-state index in [9.17, 15) is 9.59 Å². The molecule has 0 bridgehead atoms. The Morgan fingerprint density at radius 2 is 1.64 bits per heavy atom. The van der Waals surface area contributed by atoms with Crippen molar-refractivity contribution in [2.45, 2.75) is 6.92 Å². The van der Waals surface area contributed by atoms with Crippen LogP contribution in [0, 0.1) is 0 Å². The van der Waals surface area contributed by atoms with Gasteiger partial charge in [-0.3, -0.25) is 14.9 Å². The van der Waals surface area contributed by atoms with E-state index in [0.29, 0.717) is 10.6 Å². The molecule has 0 atom stereocenters. The molecule has 1 aliphatic heterocycles. The first kappa shape index (κ1) is 20.1. The molecule has 6 nitrogen and oxygen atoms in total. The van der Waals surface area contributed by atoms with Crippen LogP contribution in [0.15, 0.2) is 48.5 Å². The van der Waals surface area contributed by atoms with Gasteiger partial charge >= 0.3 is 0 Å². The normalized spacial score (nSPS) is 13.8. The Morgan fingerprint density at radius 1 is 1.00 bits per heavy atom. The lowest BCUT2D eigenvalue weighted by Crippen LogP contribution is -2.48. The van der Waals surface area contributed by atoms with Crippen LogP contribution < -0.4 is 15.5 Å². The number of halogens is 1. The molecule has 3 rings (SSSR count). The summed E-state index contributed by atoms with van der Waals surface area (Å²) in [6.07, 6.45) is 0. The van der Waals surface area contributed by atoms with E-state index in [2.05, 4.69) is 15.5 Å². The molecule has 0 aliphatic carbocycles. The lowest BCUT2D eigenvalue weighted by Gasteiger charge is -2.35. The molecular weight excluding hydrogens is 396 g/mol. The molecule has 1 heterocycles. The number of carbonyl (C=O) groups excluding carboxylic acids is 2. The summed E-state index contributed by atoms with van der Waals surface area (Å²) in [5, 5.41) is 6.20. The molecule has 2 amide bonds. The number of hydrogen-bond acceptors (Lipinski definition) is 4. The number of benzene rings is 2. The van der Waals surface area contributed by atoms with E-state index in [1.165, 1.54) is 0 Å². The molecule has 0 radical (unpaired) electrons. The summed E-state index contributed by atoms with van der Waals surface area (Å²) >= 11 is 11.2.